The van der Waals surface area contributed by atoms with Crippen LogP contribution in [0.25, 0.3) is 0 Å². The molecule has 7 nitrogen and oxygen atoms in total. The van der Waals surface area contributed by atoms with E-state index in [-0.39, 0.29) is 16.3 Å². The summed E-state index contributed by atoms with van der Waals surface area (Å²) in [4.78, 5) is 36.6. The molecule has 1 heterocycles. The predicted octanol–water partition coefficient (Wildman–Crippen LogP) is 2.55. The molecule has 1 aromatic carbocycles. The van der Waals surface area contributed by atoms with E-state index in [2.05, 4.69) is 10.1 Å². The van der Waals surface area contributed by atoms with E-state index in [0.717, 1.165) is 24.3 Å². The summed E-state index contributed by atoms with van der Waals surface area (Å²) < 4.78 is 42.6. The number of hydrogen-bond acceptors (Lipinski definition) is 5. The minimum atomic E-state index is -4.63. The Labute approximate surface area is 148 Å². The molecule has 0 atom stereocenters. The average Bonchev–Trinajstić information content (AvgIpc) is 2.52. The largest absolute Gasteiger partial charge is 0.494 e. The first kappa shape index (κ1) is 19.3. The van der Waals surface area contributed by atoms with Gasteiger partial charge in [0, 0.05) is 12.1 Å². The quantitative estimate of drug-likeness (QED) is 0.695. The summed E-state index contributed by atoms with van der Waals surface area (Å²) in [6, 6.07) is 4.09. The van der Waals surface area contributed by atoms with Crippen molar-refractivity contribution < 1.29 is 32.6 Å². The molecule has 11 heteroatoms. The molecule has 0 fully saturated rings. The molecule has 1 aromatic heterocycles. The lowest BCUT2D eigenvalue weighted by molar-refractivity contribution is -0.137. The monoisotopic (exact) mass is 390 g/mol. The van der Waals surface area contributed by atoms with Gasteiger partial charge in [-0.3, -0.25) is 14.6 Å². The van der Waals surface area contributed by atoms with Gasteiger partial charge in [0.15, 0.2) is 12.5 Å². The summed E-state index contributed by atoms with van der Waals surface area (Å²) >= 11 is 5.73. The van der Waals surface area contributed by atoms with Crippen LogP contribution in [-0.2, 0) is 15.7 Å². The maximum atomic E-state index is 12.7. The third-order valence-electron chi connectivity index (χ3n) is 2.97. The number of carbonyl (C=O) groups is 2. The van der Waals surface area contributed by atoms with Gasteiger partial charge < -0.3 is 15.2 Å². The van der Waals surface area contributed by atoms with Crippen LogP contribution in [-0.4, -0.2) is 28.6 Å². The Morgan fingerprint density at radius 2 is 1.92 bits per heavy atom. The van der Waals surface area contributed by atoms with Crippen LogP contribution < -0.4 is 10.9 Å². The van der Waals surface area contributed by atoms with Crippen LogP contribution in [0.1, 0.15) is 15.9 Å². The molecule has 0 aliphatic rings. The Balaban J connectivity index is 2.03. The molecule has 0 aliphatic heterocycles. The molecule has 3 N–H and O–H groups in total. The molecule has 138 valence electrons. The number of aromatic nitrogens is 1. The van der Waals surface area contributed by atoms with Crippen LogP contribution >= 0.6 is 11.6 Å². The van der Waals surface area contributed by atoms with Gasteiger partial charge in [-0.05, 0) is 18.2 Å². The molecule has 0 saturated heterocycles. The van der Waals surface area contributed by atoms with Gasteiger partial charge in [-0.15, -0.1) is 0 Å². The summed E-state index contributed by atoms with van der Waals surface area (Å²) in [5.74, 6) is -2.62. The Hall–Kier alpha value is -3.01. The number of halogens is 4. The average molecular weight is 391 g/mol. The number of esters is 1. The van der Waals surface area contributed by atoms with Crippen molar-refractivity contribution in [3.05, 3.63) is 56.8 Å². The molecule has 2 rings (SSSR count). The molecule has 1 amide bonds. The lowest BCUT2D eigenvalue weighted by atomic mass is 10.2. The second kappa shape index (κ2) is 7.48. The van der Waals surface area contributed by atoms with Gasteiger partial charge in [0.2, 0.25) is 0 Å². The number of aromatic hydroxyl groups is 1. The maximum Gasteiger partial charge on any atom is 0.416 e. The van der Waals surface area contributed by atoms with Crippen molar-refractivity contribution in [3.8, 4) is 5.88 Å². The number of rotatable bonds is 4. The fourth-order valence-electron chi connectivity index (χ4n) is 1.84. The summed E-state index contributed by atoms with van der Waals surface area (Å²) in [6.45, 7) is -0.848. The molecule has 0 saturated carbocycles. The lowest BCUT2D eigenvalue weighted by Crippen LogP contribution is -2.22. The van der Waals surface area contributed by atoms with Crippen molar-refractivity contribution in [3.63, 3.8) is 0 Å². The topological polar surface area (TPSA) is 108 Å². The number of alkyl halides is 3. The Morgan fingerprint density at radius 3 is 2.54 bits per heavy atom. The van der Waals surface area contributed by atoms with E-state index in [1.54, 1.807) is 0 Å². The normalized spacial score (nSPS) is 11.1. The van der Waals surface area contributed by atoms with Crippen molar-refractivity contribution in [2.24, 2.45) is 0 Å². The zero-order valence-corrected chi connectivity index (χ0v) is 13.4. The van der Waals surface area contributed by atoms with Gasteiger partial charge in [0.1, 0.15) is 0 Å². The molecular formula is C15H10ClF3N2O5. The number of hydrogen-bond donors (Lipinski definition) is 3. The number of H-pyrrole nitrogens is 1. The number of benzene rings is 1. The minimum Gasteiger partial charge on any atom is -0.494 e. The summed E-state index contributed by atoms with van der Waals surface area (Å²) in [5.41, 5.74) is -2.40. The van der Waals surface area contributed by atoms with Gasteiger partial charge in [-0.25, -0.2) is 4.79 Å². The van der Waals surface area contributed by atoms with Crippen LogP contribution in [0, 0.1) is 0 Å². The van der Waals surface area contributed by atoms with Gasteiger partial charge in [0.05, 0.1) is 21.8 Å². The highest BCUT2D eigenvalue weighted by atomic mass is 35.5. The van der Waals surface area contributed by atoms with E-state index in [4.69, 9.17) is 11.6 Å². The SMILES string of the molecule is O=C(COC(=O)c1cc(O)[nH]c(=O)c1)Nc1cc(C(F)(F)F)ccc1Cl. The number of nitrogens with one attached hydrogen (secondary N) is 2. The van der Waals surface area contributed by atoms with Gasteiger partial charge >= 0.3 is 12.1 Å². The lowest BCUT2D eigenvalue weighted by Gasteiger charge is -2.11. The van der Waals surface area contributed by atoms with Gasteiger partial charge in [0.25, 0.3) is 11.5 Å². The molecule has 2 aromatic rings. The second-order valence-electron chi connectivity index (χ2n) is 4.94. The standard InChI is InChI=1S/C15H10ClF3N2O5/c16-9-2-1-8(15(17,18)19)5-10(9)20-13(24)6-26-14(25)7-3-11(22)21-12(23)4-7/h1-5H,6H2,(H,20,24)(H2,21,22,23). The second-order valence-corrected chi connectivity index (χ2v) is 5.34. The third kappa shape index (κ3) is 4.99. The number of carbonyl (C=O) groups excluding carboxylic acids is 2. The number of pyridine rings is 1. The number of amides is 1. The summed E-state index contributed by atoms with van der Waals surface area (Å²) in [6.07, 6.45) is -4.63. The highest BCUT2D eigenvalue weighted by Crippen LogP contribution is 2.33. The Kier molecular flexibility index (Phi) is 5.56. The minimum absolute atomic E-state index is 0.141. The van der Waals surface area contributed by atoms with Crippen LogP contribution in [0.3, 0.4) is 0 Å². The van der Waals surface area contributed by atoms with Crippen molar-refractivity contribution in [1.29, 1.82) is 0 Å². The highest BCUT2D eigenvalue weighted by molar-refractivity contribution is 6.33. The molecule has 0 radical (unpaired) electrons. The highest BCUT2D eigenvalue weighted by Gasteiger charge is 2.31. The first-order valence-electron chi connectivity index (χ1n) is 6.83. The smallest absolute Gasteiger partial charge is 0.416 e. The van der Waals surface area contributed by atoms with Gasteiger partial charge in [-0.2, -0.15) is 13.2 Å². The van der Waals surface area contributed by atoms with Crippen LogP contribution in [0.2, 0.25) is 5.02 Å². The van der Waals surface area contributed by atoms with Crippen LogP contribution in [0.15, 0.2) is 35.1 Å². The molecule has 26 heavy (non-hydrogen) atoms. The fourth-order valence-corrected chi connectivity index (χ4v) is 2.01. The van der Waals surface area contributed by atoms with Crippen LogP contribution in [0.4, 0.5) is 18.9 Å². The molecular weight excluding hydrogens is 381 g/mol. The number of ether oxygens (including phenoxy) is 1. The zero-order valence-electron chi connectivity index (χ0n) is 12.7. The van der Waals surface area contributed by atoms with Crippen molar-refractivity contribution in [2.75, 3.05) is 11.9 Å². The first-order chi connectivity index (χ1) is 12.1. The third-order valence-corrected chi connectivity index (χ3v) is 3.30. The Bertz CT molecular complexity index is 911. The Morgan fingerprint density at radius 1 is 1.23 bits per heavy atom. The van der Waals surface area contributed by atoms with Crippen molar-refractivity contribution >= 4 is 29.2 Å². The van der Waals surface area contributed by atoms with Crippen molar-refractivity contribution in [2.45, 2.75) is 6.18 Å². The molecule has 0 spiro atoms. The summed E-state index contributed by atoms with van der Waals surface area (Å²) in [5, 5.41) is 11.1. The molecule has 0 bridgehead atoms. The summed E-state index contributed by atoms with van der Waals surface area (Å²) in [7, 11) is 0. The van der Waals surface area contributed by atoms with E-state index >= 15 is 0 Å². The molecule has 0 unspecified atom stereocenters. The molecule has 0 aliphatic carbocycles. The van der Waals surface area contributed by atoms with E-state index in [9.17, 15) is 32.7 Å². The van der Waals surface area contributed by atoms with E-state index in [1.807, 2.05) is 4.98 Å². The van der Waals surface area contributed by atoms with Crippen molar-refractivity contribution in [1.82, 2.24) is 4.98 Å². The maximum absolute atomic E-state index is 12.7. The fraction of sp³-hybridized carbons (Fsp3) is 0.133. The first-order valence-corrected chi connectivity index (χ1v) is 7.21. The van der Waals surface area contributed by atoms with E-state index in [0.29, 0.717) is 6.07 Å². The number of anilines is 1. The van der Waals surface area contributed by atoms with E-state index in [1.165, 1.54) is 0 Å². The van der Waals surface area contributed by atoms with Gasteiger partial charge in [-0.1, -0.05) is 11.6 Å². The predicted molar refractivity (Wildman–Crippen MR) is 84.1 cm³/mol. The number of aromatic amines is 1. The van der Waals surface area contributed by atoms with E-state index < -0.39 is 41.7 Å². The zero-order chi connectivity index (χ0) is 19.5. The van der Waals surface area contributed by atoms with Crippen LogP contribution in [0.5, 0.6) is 5.88 Å².